The van der Waals surface area contributed by atoms with Crippen molar-refractivity contribution in [3.8, 4) is 0 Å². The Balaban J connectivity index is 2.14. The molecule has 0 bridgehead atoms. The molecule has 0 radical (unpaired) electrons. The molecule has 0 saturated carbocycles. The van der Waals surface area contributed by atoms with Crippen molar-refractivity contribution in [3.63, 3.8) is 0 Å². The smallest absolute Gasteiger partial charge is 0.371 e. The normalized spacial score (nSPS) is 10.1. The first kappa shape index (κ1) is 12.4. The van der Waals surface area contributed by atoms with Crippen molar-refractivity contribution < 1.29 is 19.1 Å². The third-order valence-electron chi connectivity index (χ3n) is 2.12. The van der Waals surface area contributed by atoms with Gasteiger partial charge in [-0.1, -0.05) is 22.0 Å². The fraction of sp³-hybridized carbons (Fsp3) is 0. The molecule has 0 aliphatic heterocycles. The summed E-state index contributed by atoms with van der Waals surface area (Å²) in [6, 6.07) is 9.58. The Morgan fingerprint density at radius 2 is 1.89 bits per heavy atom. The van der Waals surface area contributed by atoms with E-state index in [1.165, 1.54) is 12.1 Å². The zero-order chi connectivity index (χ0) is 13.1. The molecule has 1 amide bonds. The summed E-state index contributed by atoms with van der Waals surface area (Å²) in [5, 5.41) is 11.3. The van der Waals surface area contributed by atoms with E-state index in [-0.39, 0.29) is 11.5 Å². The fourth-order valence-electron chi connectivity index (χ4n) is 1.33. The third-order valence-corrected chi connectivity index (χ3v) is 2.62. The molecule has 0 aliphatic carbocycles. The lowest BCUT2D eigenvalue weighted by Crippen LogP contribution is -2.10. The monoisotopic (exact) mass is 309 g/mol. The average molecular weight is 310 g/mol. The van der Waals surface area contributed by atoms with Gasteiger partial charge in [-0.15, -0.1) is 0 Å². The Labute approximate surface area is 111 Å². The first-order chi connectivity index (χ1) is 8.56. The number of carbonyl (C=O) groups is 2. The number of rotatable bonds is 3. The Hall–Kier alpha value is -2.08. The van der Waals surface area contributed by atoms with Crippen LogP contribution >= 0.6 is 15.9 Å². The molecular weight excluding hydrogens is 302 g/mol. The van der Waals surface area contributed by atoms with Gasteiger partial charge in [-0.05, 0) is 30.3 Å². The van der Waals surface area contributed by atoms with Crippen molar-refractivity contribution in [2.75, 3.05) is 5.32 Å². The second kappa shape index (κ2) is 5.05. The van der Waals surface area contributed by atoms with Gasteiger partial charge in [0.2, 0.25) is 5.76 Å². The van der Waals surface area contributed by atoms with Gasteiger partial charge in [-0.3, -0.25) is 4.79 Å². The molecule has 2 rings (SSSR count). The number of anilines is 1. The lowest BCUT2D eigenvalue weighted by atomic mass is 10.3. The van der Waals surface area contributed by atoms with E-state index >= 15 is 0 Å². The van der Waals surface area contributed by atoms with Crippen molar-refractivity contribution in [1.82, 2.24) is 0 Å². The zero-order valence-corrected chi connectivity index (χ0v) is 10.6. The molecule has 92 valence electrons. The van der Waals surface area contributed by atoms with Crippen molar-refractivity contribution in [3.05, 3.63) is 52.4 Å². The summed E-state index contributed by atoms with van der Waals surface area (Å²) in [6.45, 7) is 0. The van der Waals surface area contributed by atoms with Crippen molar-refractivity contribution in [2.45, 2.75) is 0 Å². The zero-order valence-electron chi connectivity index (χ0n) is 9.01. The minimum absolute atomic E-state index is 0.0487. The van der Waals surface area contributed by atoms with E-state index < -0.39 is 11.9 Å². The van der Waals surface area contributed by atoms with Gasteiger partial charge < -0.3 is 14.8 Å². The molecule has 2 N–H and O–H groups in total. The highest BCUT2D eigenvalue weighted by atomic mass is 79.9. The number of amides is 1. The predicted molar refractivity (Wildman–Crippen MR) is 67.8 cm³/mol. The van der Waals surface area contributed by atoms with E-state index in [1.807, 2.05) is 6.07 Å². The summed E-state index contributed by atoms with van der Waals surface area (Å²) >= 11 is 3.28. The number of furan rings is 1. The maximum Gasteiger partial charge on any atom is 0.371 e. The first-order valence-corrected chi connectivity index (χ1v) is 5.75. The Morgan fingerprint density at radius 1 is 1.17 bits per heavy atom. The van der Waals surface area contributed by atoms with Crippen LogP contribution in [-0.4, -0.2) is 17.0 Å². The number of hydrogen-bond donors (Lipinski definition) is 2. The second-order valence-corrected chi connectivity index (χ2v) is 4.35. The lowest BCUT2D eigenvalue weighted by molar-refractivity contribution is 0.0660. The molecule has 1 aromatic heterocycles. The van der Waals surface area contributed by atoms with E-state index in [1.54, 1.807) is 18.2 Å². The van der Waals surface area contributed by atoms with Crippen molar-refractivity contribution in [2.24, 2.45) is 0 Å². The molecule has 0 aliphatic rings. The van der Waals surface area contributed by atoms with Crippen LogP contribution in [-0.2, 0) is 0 Å². The van der Waals surface area contributed by atoms with Gasteiger partial charge in [-0.2, -0.15) is 0 Å². The largest absolute Gasteiger partial charge is 0.475 e. The molecule has 0 atom stereocenters. The summed E-state index contributed by atoms with van der Waals surface area (Å²) in [7, 11) is 0. The molecule has 6 heteroatoms. The van der Waals surface area contributed by atoms with Gasteiger partial charge in [0.25, 0.3) is 5.91 Å². The van der Waals surface area contributed by atoms with E-state index in [0.717, 1.165) is 4.47 Å². The number of halogens is 1. The van der Waals surface area contributed by atoms with Gasteiger partial charge >= 0.3 is 5.97 Å². The van der Waals surface area contributed by atoms with Crippen molar-refractivity contribution in [1.29, 1.82) is 0 Å². The van der Waals surface area contributed by atoms with Crippen LogP contribution in [0.4, 0.5) is 5.69 Å². The van der Waals surface area contributed by atoms with E-state index in [9.17, 15) is 9.59 Å². The second-order valence-electron chi connectivity index (χ2n) is 3.43. The minimum atomic E-state index is -1.21. The van der Waals surface area contributed by atoms with E-state index in [4.69, 9.17) is 9.52 Å². The standard InChI is InChI=1S/C12H8BrNO4/c13-7-2-1-3-8(6-7)14-11(15)9-4-5-10(18-9)12(16)17/h1-6H,(H,14,15)(H,16,17). The Kier molecular flexibility index (Phi) is 3.47. The van der Waals surface area contributed by atoms with Crippen LogP contribution in [0.3, 0.4) is 0 Å². The summed E-state index contributed by atoms with van der Waals surface area (Å²) < 4.78 is 5.71. The molecule has 0 unspecified atom stereocenters. The predicted octanol–water partition coefficient (Wildman–Crippen LogP) is 2.99. The van der Waals surface area contributed by atoms with Crippen LogP contribution in [0, 0.1) is 0 Å². The maximum absolute atomic E-state index is 11.7. The molecule has 0 fully saturated rings. The van der Waals surface area contributed by atoms with E-state index in [0.29, 0.717) is 5.69 Å². The number of aromatic carboxylic acids is 1. The molecule has 5 nitrogen and oxygen atoms in total. The van der Waals surface area contributed by atoms with Crippen LogP contribution in [0.1, 0.15) is 21.1 Å². The highest BCUT2D eigenvalue weighted by Crippen LogP contribution is 2.17. The SMILES string of the molecule is O=C(O)c1ccc(C(=O)Nc2cccc(Br)c2)o1. The summed E-state index contributed by atoms with van der Waals surface area (Å²) in [4.78, 5) is 22.4. The van der Waals surface area contributed by atoms with Gasteiger partial charge in [0.15, 0.2) is 5.76 Å². The number of carbonyl (C=O) groups excluding carboxylic acids is 1. The third kappa shape index (κ3) is 2.78. The number of hydrogen-bond acceptors (Lipinski definition) is 3. The molecule has 2 aromatic rings. The quantitative estimate of drug-likeness (QED) is 0.913. The number of carboxylic acid groups (broad SMARTS) is 1. The average Bonchev–Trinajstić information content (AvgIpc) is 2.78. The molecule has 0 spiro atoms. The van der Waals surface area contributed by atoms with Crippen LogP contribution in [0.2, 0.25) is 0 Å². The lowest BCUT2D eigenvalue weighted by Gasteiger charge is -2.02. The summed E-state index contributed by atoms with van der Waals surface area (Å²) in [5.41, 5.74) is 0.586. The van der Waals surface area contributed by atoms with Gasteiger partial charge in [0, 0.05) is 10.2 Å². The Bertz CT molecular complexity index is 606. The molecule has 1 heterocycles. The minimum Gasteiger partial charge on any atom is -0.475 e. The maximum atomic E-state index is 11.7. The van der Waals surface area contributed by atoms with Crippen LogP contribution in [0.15, 0.2) is 45.3 Å². The molecule has 0 saturated heterocycles. The number of nitrogens with one attached hydrogen (secondary N) is 1. The molecular formula is C12H8BrNO4. The number of carboxylic acids is 1. The molecule has 1 aromatic carbocycles. The molecule has 18 heavy (non-hydrogen) atoms. The topological polar surface area (TPSA) is 79.5 Å². The fourth-order valence-corrected chi connectivity index (χ4v) is 1.73. The van der Waals surface area contributed by atoms with Gasteiger partial charge in [0.05, 0.1) is 0 Å². The van der Waals surface area contributed by atoms with E-state index in [2.05, 4.69) is 21.2 Å². The highest BCUT2D eigenvalue weighted by molar-refractivity contribution is 9.10. The van der Waals surface area contributed by atoms with Crippen LogP contribution < -0.4 is 5.32 Å². The summed E-state index contributed by atoms with van der Waals surface area (Å²) in [5.74, 6) is -2.03. The van der Waals surface area contributed by atoms with Crippen LogP contribution in [0.25, 0.3) is 0 Å². The van der Waals surface area contributed by atoms with Gasteiger partial charge in [-0.25, -0.2) is 4.79 Å². The van der Waals surface area contributed by atoms with Crippen molar-refractivity contribution >= 4 is 33.5 Å². The first-order valence-electron chi connectivity index (χ1n) is 4.96. The summed E-state index contributed by atoms with van der Waals surface area (Å²) in [6.07, 6.45) is 0. The van der Waals surface area contributed by atoms with Gasteiger partial charge in [0.1, 0.15) is 0 Å². The van der Waals surface area contributed by atoms with Crippen LogP contribution in [0.5, 0.6) is 0 Å². The number of benzene rings is 1. The highest BCUT2D eigenvalue weighted by Gasteiger charge is 2.14. The Morgan fingerprint density at radius 3 is 2.50 bits per heavy atom.